The van der Waals surface area contributed by atoms with Gasteiger partial charge in [0.2, 0.25) is 5.91 Å². The number of amides is 1. The number of nitrogens with one attached hydrogen (secondary N) is 1. The lowest BCUT2D eigenvalue weighted by Gasteiger charge is -2.22. The van der Waals surface area contributed by atoms with Crippen molar-refractivity contribution in [1.82, 2.24) is 15.1 Å². The molecule has 1 N–H and O–H groups in total. The van der Waals surface area contributed by atoms with Gasteiger partial charge in [-0.25, -0.2) is 0 Å². The third-order valence-electron chi connectivity index (χ3n) is 6.13. The number of halogens is 1. The molecule has 0 spiro atoms. The topological polar surface area (TPSA) is 47.9 Å². The normalized spacial score (nSPS) is 27.0. The molecule has 5 nitrogen and oxygen atoms in total. The number of carbonyl (C=O) groups excluding carboxylic acids is 1. The highest BCUT2D eigenvalue weighted by Gasteiger charge is 2.35. The number of fused-ring (bicyclic) bond motifs is 1. The van der Waals surface area contributed by atoms with Crippen LogP contribution in [0.2, 0.25) is 0 Å². The molecule has 3 fully saturated rings. The molecule has 2 aliphatic heterocycles. The van der Waals surface area contributed by atoms with E-state index >= 15 is 0 Å². The van der Waals surface area contributed by atoms with Gasteiger partial charge in [0.05, 0.1) is 0 Å². The minimum atomic E-state index is 0. The molecule has 0 aromatic rings. The smallest absolute Gasteiger partial charge is 0.222 e. The van der Waals surface area contributed by atoms with Crippen LogP contribution in [-0.2, 0) is 4.79 Å². The predicted octanol–water partition coefficient (Wildman–Crippen LogP) is 3.48. The monoisotopic (exact) mass is 476 g/mol. The number of likely N-dealkylation sites (tertiary alicyclic amines) is 2. The van der Waals surface area contributed by atoms with Gasteiger partial charge in [0.25, 0.3) is 0 Å². The van der Waals surface area contributed by atoms with Crippen molar-refractivity contribution in [2.45, 2.75) is 64.7 Å². The van der Waals surface area contributed by atoms with E-state index in [4.69, 9.17) is 4.99 Å². The molecule has 3 rings (SSSR count). The van der Waals surface area contributed by atoms with Crippen molar-refractivity contribution in [2.75, 3.05) is 39.3 Å². The van der Waals surface area contributed by atoms with Gasteiger partial charge in [-0.2, -0.15) is 0 Å². The first kappa shape index (κ1) is 21.8. The van der Waals surface area contributed by atoms with E-state index in [1.54, 1.807) is 0 Å². The van der Waals surface area contributed by atoms with Gasteiger partial charge in [-0.15, -0.1) is 24.0 Å². The van der Waals surface area contributed by atoms with Crippen LogP contribution in [0, 0.1) is 11.8 Å². The minimum Gasteiger partial charge on any atom is -0.357 e. The molecule has 0 bridgehead atoms. The van der Waals surface area contributed by atoms with Gasteiger partial charge in [-0.3, -0.25) is 9.79 Å². The molecule has 3 aliphatic rings. The molecule has 2 unspecified atom stereocenters. The van der Waals surface area contributed by atoms with Gasteiger partial charge in [-0.05, 0) is 50.9 Å². The van der Waals surface area contributed by atoms with E-state index in [1.807, 2.05) is 0 Å². The number of nitrogens with zero attached hydrogens (tertiary/aromatic N) is 3. The Labute approximate surface area is 176 Å². The van der Waals surface area contributed by atoms with E-state index in [2.05, 4.69) is 22.0 Å². The molecule has 26 heavy (non-hydrogen) atoms. The third-order valence-corrected chi connectivity index (χ3v) is 6.13. The van der Waals surface area contributed by atoms with E-state index in [1.165, 1.54) is 45.2 Å². The zero-order valence-electron chi connectivity index (χ0n) is 16.4. The SMILES string of the molecule is CCNC(=NCCCN1CCCCCC1=O)N1CC2CCCCC2C1.I. The zero-order chi connectivity index (χ0) is 17.5. The second-order valence-corrected chi connectivity index (χ2v) is 7.99. The Bertz CT molecular complexity index is 457. The van der Waals surface area contributed by atoms with E-state index in [0.717, 1.165) is 69.7 Å². The van der Waals surface area contributed by atoms with Gasteiger partial charge in [-0.1, -0.05) is 19.3 Å². The van der Waals surface area contributed by atoms with Crippen molar-refractivity contribution >= 4 is 35.8 Å². The van der Waals surface area contributed by atoms with Crippen LogP contribution in [0.15, 0.2) is 4.99 Å². The highest BCUT2D eigenvalue weighted by atomic mass is 127. The highest BCUT2D eigenvalue weighted by molar-refractivity contribution is 14.0. The van der Waals surface area contributed by atoms with Crippen molar-refractivity contribution in [3.05, 3.63) is 0 Å². The molecular weight excluding hydrogens is 439 g/mol. The summed E-state index contributed by atoms with van der Waals surface area (Å²) in [7, 11) is 0. The first-order valence-electron chi connectivity index (χ1n) is 10.6. The van der Waals surface area contributed by atoms with Crippen LogP contribution in [0.25, 0.3) is 0 Å². The van der Waals surface area contributed by atoms with Crippen LogP contribution in [0.3, 0.4) is 0 Å². The molecular formula is C20H37IN4O. The number of aliphatic imine (C=N–C) groups is 1. The standard InChI is InChI=1S/C20H36N4O.HI/c1-2-21-20(24-15-17-9-5-6-10-18(17)16-24)22-12-8-14-23-13-7-3-4-11-19(23)25;/h17-18H,2-16H2,1H3,(H,21,22);1H. The van der Waals surface area contributed by atoms with Crippen LogP contribution in [0.1, 0.15) is 64.7 Å². The molecule has 0 aromatic carbocycles. The van der Waals surface area contributed by atoms with E-state index < -0.39 is 0 Å². The fraction of sp³-hybridized carbons (Fsp3) is 0.900. The van der Waals surface area contributed by atoms with Gasteiger partial charge < -0.3 is 15.1 Å². The number of hydrogen-bond donors (Lipinski definition) is 1. The summed E-state index contributed by atoms with van der Waals surface area (Å²) in [6.45, 7) is 8.06. The lowest BCUT2D eigenvalue weighted by atomic mass is 9.82. The number of rotatable bonds is 5. The Morgan fingerprint density at radius 2 is 1.85 bits per heavy atom. The summed E-state index contributed by atoms with van der Waals surface area (Å²) >= 11 is 0. The average Bonchev–Trinajstić information content (AvgIpc) is 2.95. The fourth-order valence-electron chi connectivity index (χ4n) is 4.73. The van der Waals surface area contributed by atoms with Crippen LogP contribution < -0.4 is 5.32 Å². The molecule has 0 radical (unpaired) electrons. The summed E-state index contributed by atoms with van der Waals surface area (Å²) in [6, 6.07) is 0. The van der Waals surface area contributed by atoms with Gasteiger partial charge in [0.1, 0.15) is 0 Å². The first-order chi connectivity index (χ1) is 12.3. The fourth-order valence-corrected chi connectivity index (χ4v) is 4.73. The summed E-state index contributed by atoms with van der Waals surface area (Å²) in [4.78, 5) is 21.5. The van der Waals surface area contributed by atoms with Crippen molar-refractivity contribution < 1.29 is 4.79 Å². The molecule has 1 saturated carbocycles. The molecule has 1 amide bonds. The Hall–Kier alpha value is -0.530. The van der Waals surface area contributed by atoms with Gasteiger partial charge in [0, 0.05) is 45.7 Å². The number of hydrogen-bond acceptors (Lipinski definition) is 2. The maximum atomic E-state index is 12.1. The summed E-state index contributed by atoms with van der Waals surface area (Å²) in [6.07, 6.45) is 10.8. The second kappa shape index (κ2) is 11.3. The Morgan fingerprint density at radius 3 is 2.54 bits per heavy atom. The van der Waals surface area contributed by atoms with Crippen LogP contribution in [0.5, 0.6) is 0 Å². The number of guanidine groups is 1. The van der Waals surface area contributed by atoms with Crippen LogP contribution >= 0.6 is 24.0 Å². The summed E-state index contributed by atoms with van der Waals surface area (Å²) in [5, 5.41) is 3.49. The molecule has 150 valence electrons. The van der Waals surface area contributed by atoms with E-state index in [9.17, 15) is 4.79 Å². The van der Waals surface area contributed by atoms with Gasteiger partial charge in [0.15, 0.2) is 5.96 Å². The maximum Gasteiger partial charge on any atom is 0.222 e. The van der Waals surface area contributed by atoms with E-state index in [0.29, 0.717) is 5.91 Å². The maximum absolute atomic E-state index is 12.1. The first-order valence-corrected chi connectivity index (χ1v) is 10.6. The summed E-state index contributed by atoms with van der Waals surface area (Å²) < 4.78 is 0. The Morgan fingerprint density at radius 1 is 1.12 bits per heavy atom. The molecule has 2 atom stereocenters. The molecule has 0 aromatic heterocycles. The molecule has 1 aliphatic carbocycles. The second-order valence-electron chi connectivity index (χ2n) is 7.99. The summed E-state index contributed by atoms with van der Waals surface area (Å²) in [5.74, 6) is 3.20. The Balaban J connectivity index is 0.00000243. The molecule has 6 heteroatoms. The lowest BCUT2D eigenvalue weighted by molar-refractivity contribution is -0.130. The minimum absolute atomic E-state index is 0. The lowest BCUT2D eigenvalue weighted by Crippen LogP contribution is -2.40. The van der Waals surface area contributed by atoms with Crippen LogP contribution in [0.4, 0.5) is 0 Å². The Kier molecular flexibility index (Phi) is 9.50. The number of carbonyl (C=O) groups is 1. The highest BCUT2D eigenvalue weighted by Crippen LogP contribution is 2.35. The zero-order valence-corrected chi connectivity index (χ0v) is 18.7. The van der Waals surface area contributed by atoms with Crippen molar-refractivity contribution in [3.63, 3.8) is 0 Å². The summed E-state index contributed by atoms with van der Waals surface area (Å²) in [5.41, 5.74) is 0. The van der Waals surface area contributed by atoms with Crippen molar-refractivity contribution in [3.8, 4) is 0 Å². The molecule has 2 heterocycles. The third kappa shape index (κ3) is 5.99. The van der Waals surface area contributed by atoms with E-state index in [-0.39, 0.29) is 24.0 Å². The van der Waals surface area contributed by atoms with Crippen molar-refractivity contribution in [2.24, 2.45) is 16.8 Å². The average molecular weight is 476 g/mol. The molecule has 2 saturated heterocycles. The quantitative estimate of drug-likeness (QED) is 0.286. The predicted molar refractivity (Wildman–Crippen MR) is 118 cm³/mol. The van der Waals surface area contributed by atoms with Crippen molar-refractivity contribution in [1.29, 1.82) is 0 Å². The largest absolute Gasteiger partial charge is 0.357 e. The van der Waals surface area contributed by atoms with Gasteiger partial charge >= 0.3 is 0 Å². The van der Waals surface area contributed by atoms with Crippen LogP contribution in [-0.4, -0.2) is 60.9 Å².